The first-order chi connectivity index (χ1) is 9.51. The highest BCUT2D eigenvalue weighted by Gasteiger charge is 2.10. The minimum atomic E-state index is -0.376. The van der Waals surface area contributed by atoms with E-state index >= 15 is 0 Å². The molecule has 0 radical (unpaired) electrons. The van der Waals surface area contributed by atoms with E-state index in [9.17, 15) is 9.18 Å². The third kappa shape index (κ3) is 3.03. The van der Waals surface area contributed by atoms with E-state index in [1.807, 2.05) is 6.07 Å². The van der Waals surface area contributed by atoms with Crippen molar-refractivity contribution < 1.29 is 9.18 Å². The van der Waals surface area contributed by atoms with Crippen LogP contribution in [0.2, 0.25) is 0 Å². The molecular formula is C15H10BrFN2O. The first-order valence-corrected chi connectivity index (χ1v) is 6.57. The summed E-state index contributed by atoms with van der Waals surface area (Å²) in [6.45, 7) is 1.71. The average Bonchev–Trinajstić information content (AvgIpc) is 2.44. The lowest BCUT2D eigenvalue weighted by atomic mass is 10.1. The lowest BCUT2D eigenvalue weighted by Gasteiger charge is -2.09. The molecule has 2 aromatic carbocycles. The minimum absolute atomic E-state index is 0.290. The molecule has 0 heterocycles. The van der Waals surface area contributed by atoms with Gasteiger partial charge >= 0.3 is 0 Å². The largest absolute Gasteiger partial charge is 0.322 e. The predicted molar refractivity (Wildman–Crippen MR) is 77.9 cm³/mol. The van der Waals surface area contributed by atoms with Gasteiger partial charge in [-0.2, -0.15) is 5.26 Å². The summed E-state index contributed by atoms with van der Waals surface area (Å²) in [5.41, 5.74) is 2.09. The Labute approximate surface area is 124 Å². The Morgan fingerprint density at radius 1 is 1.30 bits per heavy atom. The molecule has 0 bridgehead atoms. The van der Waals surface area contributed by atoms with E-state index in [0.29, 0.717) is 26.9 Å². The number of nitrogens with one attached hydrogen (secondary N) is 1. The molecule has 20 heavy (non-hydrogen) atoms. The molecule has 2 aromatic rings. The first kappa shape index (κ1) is 14.2. The van der Waals surface area contributed by atoms with E-state index < -0.39 is 0 Å². The molecule has 0 spiro atoms. The number of carbonyl (C=O) groups excluding carboxylic acids is 1. The number of amides is 1. The van der Waals surface area contributed by atoms with Crippen molar-refractivity contribution >= 4 is 27.5 Å². The van der Waals surface area contributed by atoms with Crippen molar-refractivity contribution in [2.75, 3.05) is 5.32 Å². The molecule has 0 aliphatic heterocycles. The average molecular weight is 333 g/mol. The summed E-state index contributed by atoms with van der Waals surface area (Å²) in [6.07, 6.45) is 0. The predicted octanol–water partition coefficient (Wildman–Crippen LogP) is 4.02. The van der Waals surface area contributed by atoms with Crippen LogP contribution in [0.4, 0.5) is 10.1 Å². The highest BCUT2D eigenvalue weighted by molar-refractivity contribution is 9.10. The molecule has 0 unspecified atom stereocenters. The Balaban J connectivity index is 2.23. The maximum Gasteiger partial charge on any atom is 0.255 e. The van der Waals surface area contributed by atoms with Crippen molar-refractivity contribution in [3.63, 3.8) is 0 Å². The lowest BCUT2D eigenvalue weighted by molar-refractivity contribution is 0.102. The van der Waals surface area contributed by atoms with Crippen LogP contribution in [0.3, 0.4) is 0 Å². The van der Waals surface area contributed by atoms with Gasteiger partial charge in [-0.15, -0.1) is 0 Å². The van der Waals surface area contributed by atoms with Gasteiger partial charge in [0, 0.05) is 11.3 Å². The third-order valence-electron chi connectivity index (χ3n) is 2.79. The molecule has 0 atom stereocenters. The van der Waals surface area contributed by atoms with Crippen LogP contribution in [-0.4, -0.2) is 5.91 Å². The fraction of sp³-hybridized carbons (Fsp3) is 0.0667. The van der Waals surface area contributed by atoms with E-state index in [4.69, 9.17) is 5.26 Å². The van der Waals surface area contributed by atoms with Crippen LogP contribution in [0.15, 0.2) is 40.9 Å². The molecule has 2 rings (SSSR count). The van der Waals surface area contributed by atoms with Gasteiger partial charge in [0.15, 0.2) is 0 Å². The van der Waals surface area contributed by atoms with Gasteiger partial charge in [0.25, 0.3) is 5.91 Å². The second-order valence-corrected chi connectivity index (χ2v) is 5.08. The summed E-state index contributed by atoms with van der Waals surface area (Å²) in [5, 5.41) is 11.4. The Morgan fingerprint density at radius 3 is 2.55 bits per heavy atom. The Hall–Kier alpha value is -2.19. The van der Waals surface area contributed by atoms with Crippen molar-refractivity contribution in [3.8, 4) is 6.07 Å². The van der Waals surface area contributed by atoms with Gasteiger partial charge in [0.05, 0.1) is 16.1 Å². The van der Waals surface area contributed by atoms with Gasteiger partial charge < -0.3 is 5.32 Å². The smallest absolute Gasteiger partial charge is 0.255 e. The molecule has 0 aliphatic rings. The van der Waals surface area contributed by atoms with Crippen LogP contribution in [-0.2, 0) is 0 Å². The van der Waals surface area contributed by atoms with Crippen LogP contribution < -0.4 is 5.32 Å². The number of benzene rings is 2. The molecule has 5 heteroatoms. The number of rotatable bonds is 2. The van der Waals surface area contributed by atoms with Crippen LogP contribution in [0.25, 0.3) is 0 Å². The summed E-state index contributed by atoms with van der Waals surface area (Å²) in [4.78, 5) is 12.1. The fourth-order valence-corrected chi connectivity index (χ4v) is 2.01. The Morgan fingerprint density at radius 2 is 1.95 bits per heavy atom. The molecule has 0 aromatic heterocycles. The number of halogens is 2. The number of nitriles is 1. The lowest BCUT2D eigenvalue weighted by Crippen LogP contribution is -2.13. The molecule has 1 N–H and O–H groups in total. The van der Waals surface area contributed by atoms with Gasteiger partial charge in [-0.3, -0.25) is 4.79 Å². The van der Waals surface area contributed by atoms with Crippen LogP contribution in [0, 0.1) is 24.1 Å². The highest BCUT2D eigenvalue weighted by Crippen LogP contribution is 2.24. The zero-order valence-corrected chi connectivity index (χ0v) is 12.2. The second-order valence-electron chi connectivity index (χ2n) is 4.22. The fourth-order valence-electron chi connectivity index (χ4n) is 1.67. The van der Waals surface area contributed by atoms with Gasteiger partial charge in [0.2, 0.25) is 0 Å². The number of hydrogen-bond donors (Lipinski definition) is 1. The highest BCUT2D eigenvalue weighted by atomic mass is 79.9. The second kappa shape index (κ2) is 5.85. The molecular weight excluding hydrogens is 323 g/mol. The van der Waals surface area contributed by atoms with E-state index in [0.717, 1.165) is 0 Å². The molecule has 100 valence electrons. The Bertz CT molecular complexity index is 705. The Kier molecular flexibility index (Phi) is 4.16. The molecule has 0 aliphatic carbocycles. The van der Waals surface area contributed by atoms with E-state index in [1.165, 1.54) is 12.1 Å². The number of nitrogens with zero attached hydrogens (tertiary/aromatic N) is 1. The van der Waals surface area contributed by atoms with Crippen molar-refractivity contribution in [1.82, 2.24) is 0 Å². The molecule has 0 saturated heterocycles. The topological polar surface area (TPSA) is 52.9 Å². The summed E-state index contributed by atoms with van der Waals surface area (Å²) >= 11 is 3.08. The third-order valence-corrected chi connectivity index (χ3v) is 3.40. The molecule has 1 amide bonds. The normalized spacial score (nSPS) is 9.90. The zero-order valence-electron chi connectivity index (χ0n) is 10.6. The summed E-state index contributed by atoms with van der Waals surface area (Å²) in [6, 6.07) is 11.1. The van der Waals surface area contributed by atoms with Crippen LogP contribution in [0.1, 0.15) is 21.5 Å². The number of carbonyl (C=O) groups is 1. The summed E-state index contributed by atoms with van der Waals surface area (Å²) in [5.74, 6) is -0.685. The maximum atomic E-state index is 13.3. The van der Waals surface area contributed by atoms with E-state index in [2.05, 4.69) is 21.2 Å². The summed E-state index contributed by atoms with van der Waals surface area (Å²) in [7, 11) is 0. The monoisotopic (exact) mass is 332 g/mol. The molecule has 3 nitrogen and oxygen atoms in total. The number of anilines is 1. The minimum Gasteiger partial charge on any atom is -0.322 e. The standard InChI is InChI=1S/C15H10BrFN2O/c1-9-6-13(17)12(16)7-14(9)19-15(20)11-4-2-10(8-18)3-5-11/h2-7H,1H3,(H,19,20). The van der Waals surface area contributed by atoms with Crippen molar-refractivity contribution in [3.05, 3.63) is 63.4 Å². The van der Waals surface area contributed by atoms with Crippen molar-refractivity contribution in [1.29, 1.82) is 5.26 Å². The number of aryl methyl sites for hydroxylation is 1. The van der Waals surface area contributed by atoms with Crippen LogP contribution in [0.5, 0.6) is 0 Å². The SMILES string of the molecule is Cc1cc(F)c(Br)cc1NC(=O)c1ccc(C#N)cc1. The van der Waals surface area contributed by atoms with Crippen molar-refractivity contribution in [2.45, 2.75) is 6.92 Å². The molecule has 0 fully saturated rings. The van der Waals surface area contributed by atoms with Gasteiger partial charge in [-0.1, -0.05) is 0 Å². The first-order valence-electron chi connectivity index (χ1n) is 5.78. The van der Waals surface area contributed by atoms with E-state index in [-0.39, 0.29) is 11.7 Å². The zero-order chi connectivity index (χ0) is 14.7. The van der Waals surface area contributed by atoms with Gasteiger partial charge in [-0.05, 0) is 64.8 Å². The quantitative estimate of drug-likeness (QED) is 0.902. The molecule has 0 saturated carbocycles. The summed E-state index contributed by atoms with van der Waals surface area (Å²) < 4.78 is 13.6. The van der Waals surface area contributed by atoms with E-state index in [1.54, 1.807) is 31.2 Å². The van der Waals surface area contributed by atoms with Crippen LogP contribution >= 0.6 is 15.9 Å². The maximum absolute atomic E-state index is 13.3. The van der Waals surface area contributed by atoms with Gasteiger partial charge in [0.1, 0.15) is 5.82 Å². The van der Waals surface area contributed by atoms with Crippen molar-refractivity contribution in [2.24, 2.45) is 0 Å². The van der Waals surface area contributed by atoms with Gasteiger partial charge in [-0.25, -0.2) is 4.39 Å². The number of hydrogen-bond acceptors (Lipinski definition) is 2.